The lowest BCUT2D eigenvalue weighted by Crippen LogP contribution is -2.40. The van der Waals surface area contributed by atoms with Crippen LogP contribution in [-0.2, 0) is 14.3 Å². The summed E-state index contributed by atoms with van der Waals surface area (Å²) in [6.07, 6.45) is 9.46. The molecule has 2 aromatic carbocycles. The van der Waals surface area contributed by atoms with Crippen LogP contribution < -0.4 is 20.8 Å². The van der Waals surface area contributed by atoms with Gasteiger partial charge in [-0.3, -0.25) is 19.4 Å². The van der Waals surface area contributed by atoms with Crippen LogP contribution in [0.5, 0.6) is 17.2 Å². The van der Waals surface area contributed by atoms with Crippen molar-refractivity contribution in [1.82, 2.24) is 4.90 Å². The summed E-state index contributed by atoms with van der Waals surface area (Å²) in [7, 11) is 3.59. The molecule has 12 heteroatoms. The molecule has 1 amide bonds. The van der Waals surface area contributed by atoms with Gasteiger partial charge in [0, 0.05) is 61.0 Å². The number of hydrogen-bond acceptors (Lipinski definition) is 11. The van der Waals surface area contributed by atoms with E-state index in [9.17, 15) is 29.7 Å². The van der Waals surface area contributed by atoms with Gasteiger partial charge in [0.05, 0.1) is 29.9 Å². The van der Waals surface area contributed by atoms with Crippen LogP contribution in [0.1, 0.15) is 109 Å². The van der Waals surface area contributed by atoms with E-state index in [1.807, 2.05) is 33.8 Å². The van der Waals surface area contributed by atoms with Crippen LogP contribution in [0.2, 0.25) is 0 Å². The molecule has 3 aliphatic rings. The molecule has 0 saturated carbocycles. The molecule has 1 fully saturated rings. The second-order valence-electron chi connectivity index (χ2n) is 16.5. The van der Waals surface area contributed by atoms with Gasteiger partial charge in [-0.25, -0.2) is 4.99 Å². The topological polar surface area (TPSA) is 170 Å². The Morgan fingerprint density at radius 1 is 0.946 bits per heavy atom. The molecule has 4 N–H and O–H groups in total. The summed E-state index contributed by atoms with van der Waals surface area (Å²) in [5.74, 6) is -2.47. The number of anilines is 1. The molecule has 306 valence electrons. The van der Waals surface area contributed by atoms with Gasteiger partial charge in [0.2, 0.25) is 0 Å². The van der Waals surface area contributed by atoms with Crippen LogP contribution in [0, 0.1) is 30.6 Å². The number of allylic oxidation sites excluding steroid dienone is 3. The number of carbonyl (C=O) groups excluding carboxylic acids is 3. The minimum absolute atomic E-state index is 0.00845. The fourth-order valence-corrected chi connectivity index (χ4v) is 9.19. The zero-order valence-electron chi connectivity index (χ0n) is 34.6. The summed E-state index contributed by atoms with van der Waals surface area (Å²) < 4.78 is 11.7. The molecule has 5 rings (SSSR count). The Morgan fingerprint density at radius 2 is 1.64 bits per heavy atom. The summed E-state index contributed by atoms with van der Waals surface area (Å²) in [6.45, 7) is 13.4. The van der Waals surface area contributed by atoms with Gasteiger partial charge in [-0.15, -0.1) is 0 Å². The molecule has 1 unspecified atom stereocenters. The summed E-state index contributed by atoms with van der Waals surface area (Å²) in [5.41, 5.74) is 1.17. The third-order valence-electron chi connectivity index (χ3n) is 12.5. The Morgan fingerprint density at radius 3 is 2.32 bits per heavy atom. The van der Waals surface area contributed by atoms with Gasteiger partial charge in [-0.05, 0) is 83.6 Å². The number of amides is 1. The normalized spacial score (nSPS) is 30.4. The lowest BCUT2D eigenvalue weighted by molar-refractivity contribution is -0.156. The number of fused-ring (bicyclic) bond motifs is 2. The predicted octanol–water partition coefficient (Wildman–Crippen LogP) is 6.10. The number of ketones is 1. The third kappa shape index (κ3) is 8.96. The maximum absolute atomic E-state index is 14.6. The first kappa shape index (κ1) is 42.8. The molecule has 1 saturated heterocycles. The van der Waals surface area contributed by atoms with Gasteiger partial charge in [0.15, 0.2) is 11.5 Å². The Bertz CT molecular complexity index is 2010. The Hall–Kier alpha value is -4.29. The second-order valence-corrected chi connectivity index (χ2v) is 16.5. The summed E-state index contributed by atoms with van der Waals surface area (Å²) >= 11 is 0. The van der Waals surface area contributed by atoms with Crippen molar-refractivity contribution in [3.05, 3.63) is 45.6 Å². The summed E-state index contributed by atoms with van der Waals surface area (Å²) in [5, 5.41) is 39.3. The highest BCUT2D eigenvalue weighted by Crippen LogP contribution is 2.45. The Balaban J connectivity index is 1.78. The van der Waals surface area contributed by atoms with Gasteiger partial charge in [0.1, 0.15) is 28.3 Å². The van der Waals surface area contributed by atoms with Crippen molar-refractivity contribution >= 4 is 34.1 Å². The lowest BCUT2D eigenvalue weighted by Gasteiger charge is -2.35. The molecular weight excluding hydrogens is 713 g/mol. The van der Waals surface area contributed by atoms with Crippen molar-refractivity contribution in [1.29, 1.82) is 0 Å². The molecule has 0 aliphatic carbocycles. The summed E-state index contributed by atoms with van der Waals surface area (Å²) in [6, 6.07) is 0.685. The number of methoxy groups -OCH3 is 1. The highest BCUT2D eigenvalue weighted by molar-refractivity contribution is 6.18. The molecule has 8 atom stereocenters. The van der Waals surface area contributed by atoms with Crippen LogP contribution in [-0.4, -0.2) is 89.4 Å². The molecule has 2 aromatic rings. The van der Waals surface area contributed by atoms with E-state index < -0.39 is 29.8 Å². The number of nitrogens with one attached hydrogen (secondary N) is 1. The molecule has 0 aromatic heterocycles. The Kier molecular flexibility index (Phi) is 14.0. The van der Waals surface area contributed by atoms with Crippen LogP contribution in [0.3, 0.4) is 0 Å². The first-order valence-electron chi connectivity index (χ1n) is 20.3. The number of aromatic hydroxyl groups is 2. The largest absolute Gasteiger partial charge is 0.507 e. The number of aliphatic hydroxyl groups is 1. The number of carbonyl (C=O) groups is 3. The number of aliphatic hydroxyl groups excluding tert-OH is 1. The highest BCUT2D eigenvalue weighted by Gasteiger charge is 2.35. The number of ether oxygens (including phenoxy) is 2. The average Bonchev–Trinajstić information content (AvgIpc) is 3.48. The van der Waals surface area contributed by atoms with Crippen molar-refractivity contribution in [3.8, 4) is 17.2 Å². The van der Waals surface area contributed by atoms with E-state index >= 15 is 0 Å². The van der Waals surface area contributed by atoms with Crippen molar-refractivity contribution in [2.24, 2.45) is 33.7 Å². The van der Waals surface area contributed by atoms with E-state index in [1.165, 1.54) is 14.0 Å². The van der Waals surface area contributed by atoms with E-state index in [-0.39, 0.29) is 80.0 Å². The number of rotatable bonds is 2. The average molecular weight is 775 g/mol. The second kappa shape index (κ2) is 18.3. The van der Waals surface area contributed by atoms with Gasteiger partial charge in [-0.1, -0.05) is 45.9 Å². The molecule has 3 heterocycles. The number of benzene rings is 2. The quantitative estimate of drug-likeness (QED) is 0.207. The van der Waals surface area contributed by atoms with Crippen LogP contribution >= 0.6 is 0 Å². The zero-order valence-corrected chi connectivity index (χ0v) is 34.6. The van der Waals surface area contributed by atoms with Crippen molar-refractivity contribution < 1.29 is 39.2 Å². The van der Waals surface area contributed by atoms with Crippen molar-refractivity contribution in [2.45, 2.75) is 124 Å². The van der Waals surface area contributed by atoms with Gasteiger partial charge >= 0.3 is 5.97 Å². The molecular formula is C44H62N4O8. The molecule has 56 heavy (non-hydrogen) atoms. The monoisotopic (exact) mass is 774 g/mol. The van der Waals surface area contributed by atoms with Crippen LogP contribution in [0.15, 0.2) is 33.8 Å². The molecule has 12 nitrogen and oxygen atoms in total. The molecule has 0 spiro atoms. The van der Waals surface area contributed by atoms with Crippen LogP contribution in [0.25, 0.3) is 10.8 Å². The maximum Gasteiger partial charge on any atom is 0.302 e. The first-order valence-corrected chi connectivity index (χ1v) is 20.3. The minimum Gasteiger partial charge on any atom is -0.507 e. The summed E-state index contributed by atoms with van der Waals surface area (Å²) in [4.78, 5) is 52.6. The fourth-order valence-electron chi connectivity index (χ4n) is 9.19. The van der Waals surface area contributed by atoms with E-state index in [1.54, 1.807) is 26.0 Å². The van der Waals surface area contributed by atoms with Crippen molar-refractivity contribution in [3.63, 3.8) is 0 Å². The van der Waals surface area contributed by atoms with Crippen LogP contribution in [0.4, 0.5) is 5.69 Å². The SMILES string of the molecule is COc1c(C)c(O)c2c(O)c3c4c(c2c1C(=O)CCC[C@@H](C)[C@@H](OC(C)=O)[C@H](C)[C@H](O)[C@H](C)C[C@@H](C)/C=C/C=C(/C)C(=O)N=3)NCCC1CC[C@@H](CCN=4)N1C. The highest BCUT2D eigenvalue weighted by atomic mass is 16.5. The maximum atomic E-state index is 14.6. The van der Waals surface area contributed by atoms with E-state index in [2.05, 4.69) is 22.3 Å². The minimum atomic E-state index is -0.756. The molecule has 4 bridgehead atoms. The van der Waals surface area contributed by atoms with E-state index in [0.717, 1.165) is 25.7 Å². The van der Waals surface area contributed by atoms with Gasteiger partial charge in [0.25, 0.3) is 5.91 Å². The standard InChI is InChI=1S/C44H62N4O8/c1-23-12-10-14-25(3)44(54)47-38-37-36(45-20-18-30-16-17-31(48(30)8)19-21-46-37)34-33(43(55-9)28(6)40(52)35(34)41(38)53)32(50)15-11-13-24(2)42(56-29(7)49)27(5)39(51)26(4)22-23/h10,12,14,23-24,26-27,30-31,39,42,45,51-53H,11,13,15-22H2,1-9H3/b12-10+,25-14-,46-37?,47-38?/t23-,24+,26+,27+,30?,31-,39+,42+/m0/s1. The van der Waals surface area contributed by atoms with E-state index in [4.69, 9.17) is 14.5 Å². The van der Waals surface area contributed by atoms with Crippen molar-refractivity contribution in [2.75, 3.05) is 32.6 Å². The number of phenolic OH excluding ortho intramolecular Hbond substituents is 2. The van der Waals surface area contributed by atoms with Gasteiger partial charge < -0.3 is 35.0 Å². The first-order chi connectivity index (χ1) is 26.6. The van der Waals surface area contributed by atoms with Gasteiger partial charge in [-0.2, -0.15) is 0 Å². The Labute approximate surface area is 330 Å². The van der Waals surface area contributed by atoms with E-state index in [0.29, 0.717) is 55.7 Å². The number of phenols is 2. The zero-order chi connectivity index (χ0) is 41.0. The molecule has 0 radical (unpaired) electrons. The predicted molar refractivity (Wildman–Crippen MR) is 217 cm³/mol. The lowest BCUT2D eigenvalue weighted by atomic mass is 9.79. The number of nitrogens with zero attached hydrogens (tertiary/aromatic N) is 3. The molecule has 3 aliphatic heterocycles. The fraction of sp³-hybridized carbons (Fsp3) is 0.614. The number of hydrogen-bond donors (Lipinski definition) is 4. The number of Topliss-reactive ketones (excluding diaryl/α,β-unsaturated/α-hetero) is 1. The smallest absolute Gasteiger partial charge is 0.302 e. The third-order valence-corrected chi connectivity index (χ3v) is 12.5. The number of esters is 1.